The van der Waals surface area contributed by atoms with Gasteiger partial charge >= 0.3 is 0 Å². The summed E-state index contributed by atoms with van der Waals surface area (Å²) < 4.78 is 5.32. The summed E-state index contributed by atoms with van der Waals surface area (Å²) in [5.74, 6) is 1.07. The summed E-state index contributed by atoms with van der Waals surface area (Å²) in [4.78, 5) is 13.4. The first kappa shape index (κ1) is 14.5. The Labute approximate surface area is 109 Å². The van der Waals surface area contributed by atoms with Crippen molar-refractivity contribution in [1.82, 2.24) is 0 Å². The van der Waals surface area contributed by atoms with Crippen LogP contribution in [-0.4, -0.2) is 26.1 Å². The highest BCUT2D eigenvalue weighted by Crippen LogP contribution is 2.30. The fraction of sp³-hybridized carbons (Fsp3) is 0.500. The Morgan fingerprint density at radius 2 is 1.94 bits per heavy atom. The number of anilines is 1. The van der Waals surface area contributed by atoms with E-state index >= 15 is 0 Å². The molecule has 1 aromatic rings. The first-order chi connectivity index (χ1) is 8.38. The lowest BCUT2D eigenvalue weighted by Gasteiger charge is -2.22. The number of nitrogens with two attached hydrogens (primary N) is 1. The molecule has 0 fully saturated rings. The Morgan fingerprint density at radius 3 is 2.39 bits per heavy atom. The summed E-state index contributed by atoms with van der Waals surface area (Å²) in [6, 6.07) is 5.23. The number of hydrogen-bond donors (Lipinski definition) is 1. The van der Waals surface area contributed by atoms with Gasteiger partial charge in [0.1, 0.15) is 5.75 Å². The van der Waals surface area contributed by atoms with Crippen molar-refractivity contribution in [3.05, 3.63) is 23.8 Å². The zero-order valence-corrected chi connectivity index (χ0v) is 11.7. The molecule has 100 valence electrons. The summed E-state index contributed by atoms with van der Waals surface area (Å²) in [5, 5.41) is 0. The standard InChI is InChI=1S/C14H22N2O2/c1-9(2)12-8-11(6-7-13(12)18-5)16(4)14(17)10(3)15/h6-10H,15H2,1-5H3. The summed E-state index contributed by atoms with van der Waals surface area (Å²) >= 11 is 0. The van der Waals surface area contributed by atoms with Crippen molar-refractivity contribution in [1.29, 1.82) is 0 Å². The molecule has 0 saturated carbocycles. The monoisotopic (exact) mass is 250 g/mol. The van der Waals surface area contributed by atoms with E-state index in [1.807, 2.05) is 18.2 Å². The van der Waals surface area contributed by atoms with Gasteiger partial charge in [-0.3, -0.25) is 4.79 Å². The Morgan fingerprint density at radius 1 is 1.33 bits per heavy atom. The van der Waals surface area contributed by atoms with Crippen molar-refractivity contribution in [2.45, 2.75) is 32.7 Å². The number of rotatable bonds is 4. The van der Waals surface area contributed by atoms with Gasteiger partial charge in [0, 0.05) is 12.7 Å². The van der Waals surface area contributed by atoms with E-state index in [-0.39, 0.29) is 5.91 Å². The average molecular weight is 250 g/mol. The highest BCUT2D eigenvalue weighted by molar-refractivity contribution is 5.96. The topological polar surface area (TPSA) is 55.6 Å². The second-order valence-corrected chi connectivity index (χ2v) is 4.77. The molecule has 0 saturated heterocycles. The maximum absolute atomic E-state index is 11.8. The third-order valence-electron chi connectivity index (χ3n) is 2.94. The van der Waals surface area contributed by atoms with Crippen LogP contribution in [0.15, 0.2) is 18.2 Å². The molecule has 1 aromatic carbocycles. The lowest BCUT2D eigenvalue weighted by atomic mass is 10.0. The van der Waals surface area contributed by atoms with Gasteiger partial charge in [0.05, 0.1) is 13.2 Å². The van der Waals surface area contributed by atoms with E-state index in [4.69, 9.17) is 10.5 Å². The molecule has 0 heterocycles. The molecule has 0 radical (unpaired) electrons. The zero-order valence-electron chi connectivity index (χ0n) is 11.7. The van der Waals surface area contributed by atoms with Gasteiger partial charge in [0.2, 0.25) is 5.91 Å². The maximum Gasteiger partial charge on any atom is 0.243 e. The Hall–Kier alpha value is -1.55. The summed E-state index contributed by atoms with van der Waals surface area (Å²) in [6.45, 7) is 5.87. The van der Waals surface area contributed by atoms with E-state index in [0.29, 0.717) is 5.92 Å². The third-order valence-corrected chi connectivity index (χ3v) is 2.94. The molecule has 0 aromatic heterocycles. The van der Waals surface area contributed by atoms with E-state index < -0.39 is 6.04 Å². The molecule has 0 bridgehead atoms. The SMILES string of the molecule is COc1ccc(N(C)C(=O)C(C)N)cc1C(C)C. The van der Waals surface area contributed by atoms with Gasteiger partial charge in [0.25, 0.3) is 0 Å². The highest BCUT2D eigenvalue weighted by Gasteiger charge is 2.17. The van der Waals surface area contributed by atoms with Crippen LogP contribution in [0.25, 0.3) is 0 Å². The van der Waals surface area contributed by atoms with Gasteiger partial charge in [-0.2, -0.15) is 0 Å². The van der Waals surface area contributed by atoms with Gasteiger partial charge in [-0.25, -0.2) is 0 Å². The largest absolute Gasteiger partial charge is 0.496 e. The fourth-order valence-corrected chi connectivity index (χ4v) is 1.81. The molecule has 1 rings (SSSR count). The van der Waals surface area contributed by atoms with Gasteiger partial charge in [-0.05, 0) is 36.6 Å². The lowest BCUT2D eigenvalue weighted by Crippen LogP contribution is -2.39. The summed E-state index contributed by atoms with van der Waals surface area (Å²) in [6.07, 6.45) is 0. The maximum atomic E-state index is 11.8. The third kappa shape index (κ3) is 3.01. The molecule has 0 aliphatic heterocycles. The normalized spacial score (nSPS) is 12.4. The summed E-state index contributed by atoms with van der Waals surface area (Å²) in [7, 11) is 3.38. The molecule has 18 heavy (non-hydrogen) atoms. The molecule has 1 amide bonds. The van der Waals surface area contributed by atoms with E-state index in [9.17, 15) is 4.79 Å². The first-order valence-corrected chi connectivity index (χ1v) is 6.09. The van der Waals surface area contributed by atoms with Crippen LogP contribution in [-0.2, 0) is 4.79 Å². The van der Waals surface area contributed by atoms with Crippen LogP contribution >= 0.6 is 0 Å². The first-order valence-electron chi connectivity index (χ1n) is 6.09. The zero-order chi connectivity index (χ0) is 13.9. The number of likely N-dealkylation sites (N-methyl/N-ethyl adjacent to an activating group) is 1. The molecule has 2 N–H and O–H groups in total. The molecular formula is C14H22N2O2. The second kappa shape index (κ2) is 5.87. The molecule has 0 aliphatic rings. The predicted octanol–water partition coefficient (Wildman–Crippen LogP) is 2.13. The Balaban J connectivity index is 3.12. The van der Waals surface area contributed by atoms with Crippen molar-refractivity contribution in [2.75, 3.05) is 19.1 Å². The van der Waals surface area contributed by atoms with E-state index in [1.54, 1.807) is 26.0 Å². The predicted molar refractivity (Wildman–Crippen MR) is 74.1 cm³/mol. The van der Waals surface area contributed by atoms with Crippen molar-refractivity contribution in [2.24, 2.45) is 5.73 Å². The number of benzene rings is 1. The minimum atomic E-state index is -0.500. The van der Waals surface area contributed by atoms with Crippen LogP contribution < -0.4 is 15.4 Å². The van der Waals surface area contributed by atoms with Crippen LogP contribution in [0.2, 0.25) is 0 Å². The van der Waals surface area contributed by atoms with Gasteiger partial charge < -0.3 is 15.4 Å². The number of methoxy groups -OCH3 is 1. The molecule has 0 aliphatic carbocycles. The van der Waals surface area contributed by atoms with Gasteiger partial charge in [-0.15, -0.1) is 0 Å². The van der Waals surface area contributed by atoms with E-state index in [0.717, 1.165) is 17.0 Å². The Bertz CT molecular complexity index is 428. The number of ether oxygens (including phenoxy) is 1. The van der Waals surface area contributed by atoms with Crippen molar-refractivity contribution < 1.29 is 9.53 Å². The van der Waals surface area contributed by atoms with Crippen LogP contribution in [0, 0.1) is 0 Å². The molecule has 4 heteroatoms. The quantitative estimate of drug-likeness (QED) is 0.890. The summed E-state index contributed by atoms with van der Waals surface area (Å²) in [5.41, 5.74) is 7.53. The van der Waals surface area contributed by atoms with Crippen molar-refractivity contribution in [3.63, 3.8) is 0 Å². The fourth-order valence-electron chi connectivity index (χ4n) is 1.81. The molecule has 4 nitrogen and oxygen atoms in total. The minimum Gasteiger partial charge on any atom is -0.496 e. The number of hydrogen-bond acceptors (Lipinski definition) is 3. The number of carbonyl (C=O) groups excluding carboxylic acids is 1. The highest BCUT2D eigenvalue weighted by atomic mass is 16.5. The lowest BCUT2D eigenvalue weighted by molar-refractivity contribution is -0.119. The second-order valence-electron chi connectivity index (χ2n) is 4.77. The van der Waals surface area contributed by atoms with Crippen LogP contribution in [0.3, 0.4) is 0 Å². The molecule has 1 atom stereocenters. The van der Waals surface area contributed by atoms with Crippen molar-refractivity contribution >= 4 is 11.6 Å². The van der Waals surface area contributed by atoms with Crippen LogP contribution in [0.4, 0.5) is 5.69 Å². The average Bonchev–Trinajstić information content (AvgIpc) is 2.35. The van der Waals surface area contributed by atoms with E-state index in [1.165, 1.54) is 0 Å². The van der Waals surface area contributed by atoms with Crippen molar-refractivity contribution in [3.8, 4) is 5.75 Å². The Kier molecular flexibility index (Phi) is 4.73. The minimum absolute atomic E-state index is 0.102. The molecule has 1 unspecified atom stereocenters. The number of nitrogens with zero attached hydrogens (tertiary/aromatic N) is 1. The number of amides is 1. The molecular weight excluding hydrogens is 228 g/mol. The van der Waals surface area contributed by atoms with Crippen LogP contribution in [0.1, 0.15) is 32.3 Å². The smallest absolute Gasteiger partial charge is 0.243 e. The van der Waals surface area contributed by atoms with Gasteiger partial charge in [-0.1, -0.05) is 13.8 Å². The van der Waals surface area contributed by atoms with E-state index in [2.05, 4.69) is 13.8 Å². The van der Waals surface area contributed by atoms with Gasteiger partial charge in [0.15, 0.2) is 0 Å². The molecule has 0 spiro atoms. The van der Waals surface area contributed by atoms with Crippen LogP contribution in [0.5, 0.6) is 5.75 Å². The number of carbonyl (C=O) groups is 1.